The average molecular weight is 331 g/mol. The van der Waals surface area contributed by atoms with Gasteiger partial charge in [0.05, 0.1) is 11.9 Å². The highest BCUT2D eigenvalue weighted by Gasteiger charge is 2.21. The SMILES string of the molecule is CN(c1nc(NCCc2cccs2)ncc1N)C1CCCCC1. The van der Waals surface area contributed by atoms with Gasteiger partial charge in [0.2, 0.25) is 5.95 Å². The van der Waals surface area contributed by atoms with E-state index in [4.69, 9.17) is 5.73 Å². The predicted octanol–water partition coefficient (Wildman–Crippen LogP) is 3.54. The highest BCUT2D eigenvalue weighted by molar-refractivity contribution is 7.09. The number of nitrogen functional groups attached to an aromatic ring is 1. The Kier molecular flexibility index (Phi) is 5.33. The molecule has 0 saturated heterocycles. The van der Waals surface area contributed by atoms with Crippen LogP contribution in [0.2, 0.25) is 0 Å². The third-order valence-electron chi connectivity index (χ3n) is 4.49. The summed E-state index contributed by atoms with van der Waals surface area (Å²) in [6.45, 7) is 0.830. The second-order valence-electron chi connectivity index (χ2n) is 6.13. The third-order valence-corrected chi connectivity index (χ3v) is 5.42. The third kappa shape index (κ3) is 4.13. The normalized spacial score (nSPS) is 15.5. The fourth-order valence-corrected chi connectivity index (χ4v) is 3.85. The van der Waals surface area contributed by atoms with Crippen LogP contribution in [0.1, 0.15) is 37.0 Å². The Labute approximate surface area is 141 Å². The van der Waals surface area contributed by atoms with Gasteiger partial charge in [-0.1, -0.05) is 25.3 Å². The summed E-state index contributed by atoms with van der Waals surface area (Å²) < 4.78 is 0. The van der Waals surface area contributed by atoms with E-state index in [1.54, 1.807) is 17.5 Å². The summed E-state index contributed by atoms with van der Waals surface area (Å²) in [6, 6.07) is 4.77. The molecule has 1 aliphatic carbocycles. The number of aromatic nitrogens is 2. The van der Waals surface area contributed by atoms with Crippen molar-refractivity contribution < 1.29 is 0 Å². The first kappa shape index (κ1) is 16.1. The van der Waals surface area contributed by atoms with Crippen LogP contribution >= 0.6 is 11.3 Å². The number of hydrogen-bond donors (Lipinski definition) is 2. The summed E-state index contributed by atoms with van der Waals surface area (Å²) in [6.07, 6.45) is 9.09. The number of nitrogens with one attached hydrogen (secondary N) is 1. The zero-order valence-electron chi connectivity index (χ0n) is 13.7. The monoisotopic (exact) mass is 331 g/mol. The lowest BCUT2D eigenvalue weighted by molar-refractivity contribution is 0.426. The molecule has 0 atom stereocenters. The molecule has 2 aromatic rings. The van der Waals surface area contributed by atoms with Crippen LogP contribution in [0.4, 0.5) is 17.5 Å². The summed E-state index contributed by atoms with van der Waals surface area (Å²) in [5.74, 6) is 1.51. The average Bonchev–Trinajstić information content (AvgIpc) is 3.10. The van der Waals surface area contributed by atoms with E-state index in [-0.39, 0.29) is 0 Å². The topological polar surface area (TPSA) is 67.1 Å². The molecule has 0 unspecified atom stereocenters. The van der Waals surface area contributed by atoms with Crippen LogP contribution in [0, 0.1) is 0 Å². The number of nitrogens with two attached hydrogens (primary N) is 1. The molecule has 1 aliphatic rings. The van der Waals surface area contributed by atoms with Crippen LogP contribution in [0.5, 0.6) is 0 Å². The second-order valence-corrected chi connectivity index (χ2v) is 7.16. The Balaban J connectivity index is 1.63. The van der Waals surface area contributed by atoms with Crippen molar-refractivity contribution >= 4 is 28.8 Å². The summed E-state index contributed by atoms with van der Waals surface area (Å²) in [4.78, 5) is 12.6. The molecule has 2 aromatic heterocycles. The molecule has 1 fully saturated rings. The molecule has 0 spiro atoms. The quantitative estimate of drug-likeness (QED) is 0.847. The highest BCUT2D eigenvalue weighted by atomic mass is 32.1. The summed E-state index contributed by atoms with van der Waals surface area (Å²) in [5.41, 5.74) is 6.76. The fourth-order valence-electron chi connectivity index (χ4n) is 3.14. The first-order valence-corrected chi connectivity index (χ1v) is 9.23. The van der Waals surface area contributed by atoms with E-state index < -0.39 is 0 Å². The van der Waals surface area contributed by atoms with Crippen molar-refractivity contribution in [3.05, 3.63) is 28.6 Å². The van der Waals surface area contributed by atoms with E-state index in [2.05, 4.69) is 44.7 Å². The lowest BCUT2D eigenvalue weighted by Gasteiger charge is -2.32. The van der Waals surface area contributed by atoms with Gasteiger partial charge in [0.25, 0.3) is 0 Å². The van der Waals surface area contributed by atoms with Crippen molar-refractivity contribution in [2.24, 2.45) is 0 Å². The van der Waals surface area contributed by atoms with Crippen LogP contribution < -0.4 is 16.0 Å². The maximum absolute atomic E-state index is 6.11. The molecular weight excluding hydrogens is 306 g/mol. The van der Waals surface area contributed by atoms with Crippen molar-refractivity contribution in [1.82, 2.24) is 9.97 Å². The first-order chi connectivity index (χ1) is 11.2. The Morgan fingerprint density at radius 1 is 1.35 bits per heavy atom. The molecule has 3 N–H and O–H groups in total. The molecule has 0 bridgehead atoms. The molecule has 0 aromatic carbocycles. The molecule has 124 valence electrons. The van der Waals surface area contributed by atoms with Gasteiger partial charge in [0.15, 0.2) is 5.82 Å². The molecule has 5 nitrogen and oxygen atoms in total. The van der Waals surface area contributed by atoms with Gasteiger partial charge in [0, 0.05) is 24.5 Å². The van der Waals surface area contributed by atoms with Crippen LogP contribution in [0.15, 0.2) is 23.7 Å². The molecule has 0 radical (unpaired) electrons. The zero-order chi connectivity index (χ0) is 16.1. The molecule has 6 heteroatoms. The van der Waals surface area contributed by atoms with E-state index in [0.717, 1.165) is 18.8 Å². The Morgan fingerprint density at radius 2 is 2.17 bits per heavy atom. The van der Waals surface area contributed by atoms with Crippen molar-refractivity contribution in [3.63, 3.8) is 0 Å². The van der Waals surface area contributed by atoms with Gasteiger partial charge in [-0.25, -0.2) is 4.98 Å². The first-order valence-electron chi connectivity index (χ1n) is 8.35. The summed E-state index contributed by atoms with van der Waals surface area (Å²) in [5, 5.41) is 5.41. The van der Waals surface area contributed by atoms with Crippen LogP contribution in [-0.2, 0) is 6.42 Å². The van der Waals surface area contributed by atoms with Crippen LogP contribution in [-0.4, -0.2) is 29.6 Å². The minimum absolute atomic E-state index is 0.542. The largest absolute Gasteiger partial charge is 0.394 e. The molecule has 1 saturated carbocycles. The maximum Gasteiger partial charge on any atom is 0.224 e. The van der Waals surface area contributed by atoms with Crippen LogP contribution in [0.3, 0.4) is 0 Å². The van der Waals surface area contributed by atoms with E-state index in [1.807, 2.05) is 0 Å². The zero-order valence-corrected chi connectivity index (χ0v) is 14.5. The van der Waals surface area contributed by atoms with Crippen LogP contribution in [0.25, 0.3) is 0 Å². The lowest BCUT2D eigenvalue weighted by atomic mass is 9.94. The maximum atomic E-state index is 6.11. The van der Waals surface area contributed by atoms with Crippen molar-refractivity contribution in [3.8, 4) is 0 Å². The lowest BCUT2D eigenvalue weighted by Crippen LogP contribution is -2.34. The second kappa shape index (κ2) is 7.64. The van der Waals surface area contributed by atoms with E-state index in [9.17, 15) is 0 Å². The minimum Gasteiger partial charge on any atom is -0.394 e. The van der Waals surface area contributed by atoms with E-state index >= 15 is 0 Å². The molecule has 0 aliphatic heterocycles. The van der Waals surface area contributed by atoms with Gasteiger partial charge >= 0.3 is 0 Å². The number of nitrogens with zero attached hydrogens (tertiary/aromatic N) is 3. The van der Waals surface area contributed by atoms with Gasteiger partial charge in [-0.05, 0) is 30.7 Å². The number of rotatable bonds is 6. The van der Waals surface area contributed by atoms with Gasteiger partial charge in [-0.2, -0.15) is 4.98 Å². The standard InChI is InChI=1S/C17H25N5S/c1-22(13-6-3-2-4-7-13)16-15(18)12-20-17(21-16)19-10-9-14-8-5-11-23-14/h5,8,11-13H,2-4,6-7,9-10,18H2,1H3,(H,19,20,21). The van der Waals surface area contributed by atoms with E-state index in [0.29, 0.717) is 17.7 Å². The molecule has 2 heterocycles. The van der Waals surface area contributed by atoms with Gasteiger partial charge in [-0.3, -0.25) is 0 Å². The number of thiophene rings is 1. The van der Waals surface area contributed by atoms with Gasteiger partial charge in [0.1, 0.15) is 0 Å². The number of hydrogen-bond acceptors (Lipinski definition) is 6. The Bertz CT molecular complexity index is 607. The highest BCUT2D eigenvalue weighted by Crippen LogP contribution is 2.28. The smallest absolute Gasteiger partial charge is 0.224 e. The van der Waals surface area contributed by atoms with Crippen molar-refractivity contribution in [2.45, 2.75) is 44.6 Å². The van der Waals surface area contributed by atoms with E-state index in [1.165, 1.54) is 37.0 Å². The van der Waals surface area contributed by atoms with Gasteiger partial charge < -0.3 is 16.0 Å². The van der Waals surface area contributed by atoms with Crippen molar-refractivity contribution in [2.75, 3.05) is 29.5 Å². The molecule has 0 amide bonds. The molecule has 23 heavy (non-hydrogen) atoms. The number of anilines is 3. The Morgan fingerprint density at radius 3 is 2.91 bits per heavy atom. The molecular formula is C17H25N5S. The Hall–Kier alpha value is -1.82. The predicted molar refractivity (Wildman–Crippen MR) is 98.2 cm³/mol. The summed E-state index contributed by atoms with van der Waals surface area (Å²) >= 11 is 1.78. The minimum atomic E-state index is 0.542. The van der Waals surface area contributed by atoms with Gasteiger partial charge in [-0.15, -0.1) is 11.3 Å². The fraction of sp³-hybridized carbons (Fsp3) is 0.529. The summed E-state index contributed by atoms with van der Waals surface area (Å²) in [7, 11) is 2.10. The molecule has 3 rings (SSSR count). The van der Waals surface area contributed by atoms with Crippen molar-refractivity contribution in [1.29, 1.82) is 0 Å².